The Kier molecular flexibility index (Phi) is 7.12. The van der Waals surface area contributed by atoms with E-state index in [1.807, 2.05) is 24.3 Å². The molecule has 0 amide bonds. The van der Waals surface area contributed by atoms with Crippen LogP contribution in [0.1, 0.15) is 46.2 Å². The summed E-state index contributed by atoms with van der Waals surface area (Å²) in [6.07, 6.45) is 7.58. The summed E-state index contributed by atoms with van der Waals surface area (Å²) >= 11 is 6.59. The van der Waals surface area contributed by atoms with E-state index in [0.717, 1.165) is 23.2 Å². The molecule has 4 aromatic rings. The molecule has 1 aliphatic carbocycles. The first-order valence-electron chi connectivity index (χ1n) is 13.3. The van der Waals surface area contributed by atoms with E-state index in [0.29, 0.717) is 35.0 Å². The van der Waals surface area contributed by atoms with E-state index in [4.69, 9.17) is 26.1 Å². The summed E-state index contributed by atoms with van der Waals surface area (Å²) < 4.78 is 11.6. The van der Waals surface area contributed by atoms with Gasteiger partial charge in [0.05, 0.1) is 23.9 Å². The van der Waals surface area contributed by atoms with E-state index in [9.17, 15) is 0 Å². The Morgan fingerprint density at radius 1 is 1.00 bits per heavy atom. The largest absolute Gasteiger partial charge is 0.493 e. The second kappa shape index (κ2) is 11.0. The van der Waals surface area contributed by atoms with Crippen molar-refractivity contribution in [3.05, 3.63) is 130 Å². The zero-order valence-electron chi connectivity index (χ0n) is 22.1. The number of rotatable bonds is 7. The minimum atomic E-state index is 0.272. The van der Waals surface area contributed by atoms with E-state index in [1.54, 1.807) is 13.3 Å². The Balaban J connectivity index is 1.16. The number of benzene rings is 4. The van der Waals surface area contributed by atoms with Crippen LogP contribution in [0.15, 0.2) is 102 Å². The Hall–Kier alpha value is -4.02. The third-order valence-electron chi connectivity index (χ3n) is 7.64. The van der Waals surface area contributed by atoms with Crippen molar-refractivity contribution < 1.29 is 9.47 Å². The molecule has 6 rings (SSSR count). The van der Waals surface area contributed by atoms with Crippen LogP contribution in [0.2, 0.25) is 5.02 Å². The van der Waals surface area contributed by atoms with E-state index in [2.05, 4.69) is 85.1 Å². The van der Waals surface area contributed by atoms with Crippen molar-refractivity contribution in [3.63, 3.8) is 0 Å². The molecule has 5 heteroatoms. The predicted molar refractivity (Wildman–Crippen MR) is 160 cm³/mol. The quantitative estimate of drug-likeness (QED) is 0.190. The summed E-state index contributed by atoms with van der Waals surface area (Å²) in [5, 5.41) is 4.28. The third-order valence-corrected chi connectivity index (χ3v) is 7.92. The van der Waals surface area contributed by atoms with Gasteiger partial charge >= 0.3 is 0 Å². The average Bonchev–Trinajstić information content (AvgIpc) is 3.46. The standard InChI is InChI=1S/C34H31ClN2O2/c1-22-10-12-23(13-11-22)21-39-34-30(35)18-24(19-32(34)38-2)20-36-26-16-14-25(15-17-26)33-29-8-5-7-27(29)28-6-3-4-9-31(28)37-33/h3-7,9-20,27,29,33,37H,8,21H2,1-2H3/t27-,29+,33+/m1/s1. The van der Waals surface area contributed by atoms with Gasteiger partial charge in [-0.2, -0.15) is 0 Å². The van der Waals surface area contributed by atoms with Crippen LogP contribution < -0.4 is 14.8 Å². The molecular formula is C34H31ClN2O2. The fourth-order valence-electron chi connectivity index (χ4n) is 5.58. The van der Waals surface area contributed by atoms with Crippen LogP contribution in [0, 0.1) is 12.8 Å². The number of aryl methyl sites for hydroxylation is 1. The van der Waals surface area contributed by atoms with Crippen LogP contribution in [0.4, 0.5) is 11.4 Å². The van der Waals surface area contributed by atoms with Crippen LogP contribution in [-0.4, -0.2) is 13.3 Å². The highest BCUT2D eigenvalue weighted by Gasteiger charge is 2.37. The second-order valence-corrected chi connectivity index (χ2v) is 10.6. The first kappa shape index (κ1) is 25.3. The number of nitrogens with zero attached hydrogens (tertiary/aromatic N) is 1. The molecule has 39 heavy (non-hydrogen) atoms. The number of hydrogen-bond donors (Lipinski definition) is 1. The number of fused-ring (bicyclic) bond motifs is 3. The number of anilines is 1. The lowest BCUT2D eigenvalue weighted by Crippen LogP contribution is -2.28. The molecule has 0 saturated heterocycles. The van der Waals surface area contributed by atoms with Crippen molar-refractivity contribution in [1.29, 1.82) is 0 Å². The predicted octanol–water partition coefficient (Wildman–Crippen LogP) is 8.81. The molecule has 0 unspecified atom stereocenters. The van der Waals surface area contributed by atoms with Crippen LogP contribution in [0.3, 0.4) is 0 Å². The first-order valence-corrected chi connectivity index (χ1v) is 13.7. The maximum Gasteiger partial charge on any atom is 0.180 e. The zero-order chi connectivity index (χ0) is 26.8. The van der Waals surface area contributed by atoms with Gasteiger partial charge in [0, 0.05) is 17.8 Å². The molecule has 4 nitrogen and oxygen atoms in total. The molecule has 196 valence electrons. The molecule has 0 fully saturated rings. The number of methoxy groups -OCH3 is 1. The molecule has 1 N–H and O–H groups in total. The molecule has 1 heterocycles. The lowest BCUT2D eigenvalue weighted by atomic mass is 9.77. The van der Waals surface area contributed by atoms with Gasteiger partial charge in [-0.15, -0.1) is 0 Å². The number of allylic oxidation sites excluding steroid dienone is 2. The van der Waals surface area contributed by atoms with Gasteiger partial charge in [0.1, 0.15) is 6.61 Å². The van der Waals surface area contributed by atoms with E-state index in [-0.39, 0.29) is 6.04 Å². The summed E-state index contributed by atoms with van der Waals surface area (Å²) in [5.74, 6) is 2.10. The number of hydrogen-bond acceptors (Lipinski definition) is 4. The van der Waals surface area contributed by atoms with Crippen LogP contribution >= 0.6 is 11.6 Å². The van der Waals surface area contributed by atoms with Crippen molar-refractivity contribution in [3.8, 4) is 11.5 Å². The number of aliphatic imine (C=N–C) groups is 1. The van der Waals surface area contributed by atoms with Gasteiger partial charge in [0.2, 0.25) is 0 Å². The van der Waals surface area contributed by atoms with E-state index >= 15 is 0 Å². The fourth-order valence-corrected chi connectivity index (χ4v) is 5.86. The molecular weight excluding hydrogens is 504 g/mol. The SMILES string of the molecule is COc1cc(C=Nc2ccc([C@@H]3Nc4ccccc4[C@H]4C=CC[C@@H]43)cc2)cc(Cl)c1OCc1ccc(C)cc1. The summed E-state index contributed by atoms with van der Waals surface area (Å²) in [4.78, 5) is 4.70. The Morgan fingerprint density at radius 3 is 2.59 bits per heavy atom. The first-order chi connectivity index (χ1) is 19.1. The minimum Gasteiger partial charge on any atom is -0.493 e. The number of ether oxygens (including phenoxy) is 2. The van der Waals surface area contributed by atoms with Crippen molar-refractivity contribution in [2.75, 3.05) is 12.4 Å². The average molecular weight is 535 g/mol. The summed E-state index contributed by atoms with van der Waals surface area (Å²) in [5.41, 5.74) is 7.91. The smallest absolute Gasteiger partial charge is 0.180 e. The van der Waals surface area contributed by atoms with Gasteiger partial charge < -0.3 is 14.8 Å². The lowest BCUT2D eigenvalue weighted by molar-refractivity contribution is 0.284. The number of halogens is 1. The fraction of sp³-hybridized carbons (Fsp3) is 0.206. The molecule has 0 bridgehead atoms. The maximum atomic E-state index is 6.59. The van der Waals surface area contributed by atoms with Gasteiger partial charge in [-0.25, -0.2) is 0 Å². The van der Waals surface area contributed by atoms with Gasteiger partial charge in [-0.1, -0.05) is 83.9 Å². The topological polar surface area (TPSA) is 42.8 Å². The summed E-state index contributed by atoms with van der Waals surface area (Å²) in [6.45, 7) is 2.48. The van der Waals surface area contributed by atoms with Gasteiger partial charge in [-0.3, -0.25) is 4.99 Å². The molecule has 3 atom stereocenters. The molecule has 0 radical (unpaired) electrons. The Labute approximate surface area is 235 Å². The molecule has 4 aromatic carbocycles. The van der Waals surface area contributed by atoms with E-state index < -0.39 is 0 Å². The van der Waals surface area contributed by atoms with Gasteiger partial charge in [0.15, 0.2) is 11.5 Å². The summed E-state index contributed by atoms with van der Waals surface area (Å²) in [7, 11) is 1.62. The monoisotopic (exact) mass is 534 g/mol. The maximum absolute atomic E-state index is 6.59. The van der Waals surface area contributed by atoms with Crippen molar-refractivity contribution in [1.82, 2.24) is 0 Å². The van der Waals surface area contributed by atoms with Crippen LogP contribution in [-0.2, 0) is 6.61 Å². The minimum absolute atomic E-state index is 0.272. The summed E-state index contributed by atoms with van der Waals surface area (Å²) in [6, 6.07) is 29.4. The molecule has 0 saturated carbocycles. The molecule has 0 spiro atoms. The Bertz CT molecular complexity index is 1530. The van der Waals surface area contributed by atoms with Gasteiger partial charge in [0.25, 0.3) is 0 Å². The molecule has 1 aliphatic heterocycles. The Morgan fingerprint density at radius 2 is 1.79 bits per heavy atom. The van der Waals surface area contributed by atoms with Crippen molar-refractivity contribution in [2.24, 2.45) is 10.9 Å². The molecule has 2 aliphatic rings. The highest BCUT2D eigenvalue weighted by Crippen LogP contribution is 2.49. The lowest BCUT2D eigenvalue weighted by Gasteiger charge is -2.37. The number of para-hydroxylation sites is 1. The van der Waals surface area contributed by atoms with Crippen LogP contribution in [0.25, 0.3) is 0 Å². The van der Waals surface area contributed by atoms with Crippen molar-refractivity contribution in [2.45, 2.75) is 31.9 Å². The zero-order valence-corrected chi connectivity index (χ0v) is 22.9. The second-order valence-electron chi connectivity index (χ2n) is 10.2. The molecule has 0 aromatic heterocycles. The number of nitrogens with one attached hydrogen (secondary N) is 1. The third kappa shape index (κ3) is 5.30. The highest BCUT2D eigenvalue weighted by molar-refractivity contribution is 6.32. The normalized spacial score (nSPS) is 19.4. The van der Waals surface area contributed by atoms with Crippen molar-refractivity contribution >= 4 is 29.2 Å². The van der Waals surface area contributed by atoms with Crippen LogP contribution in [0.5, 0.6) is 11.5 Å². The highest BCUT2D eigenvalue weighted by atomic mass is 35.5. The van der Waals surface area contributed by atoms with E-state index in [1.165, 1.54) is 22.4 Å². The van der Waals surface area contributed by atoms with Gasteiger partial charge in [-0.05, 0) is 71.8 Å².